The number of imidazole rings is 1. The van der Waals surface area contributed by atoms with Gasteiger partial charge in [0.15, 0.2) is 0 Å². The van der Waals surface area contributed by atoms with Crippen molar-refractivity contribution in [2.75, 3.05) is 5.32 Å². The molecule has 0 atom stereocenters. The van der Waals surface area contributed by atoms with Crippen LogP contribution in [0.5, 0.6) is 0 Å². The van der Waals surface area contributed by atoms with Crippen molar-refractivity contribution in [3.8, 4) is 0 Å². The van der Waals surface area contributed by atoms with Gasteiger partial charge in [-0.3, -0.25) is 9.59 Å². The average molecular weight is 477 g/mol. The number of fused-ring (bicyclic) bond motifs is 1. The lowest BCUT2D eigenvalue weighted by Gasteiger charge is -2.19. The molecule has 1 aromatic heterocycles. The topological polar surface area (TPSA) is 86.9 Å². The lowest BCUT2D eigenvalue weighted by Crippen LogP contribution is -2.25. The van der Waals surface area contributed by atoms with Crippen molar-refractivity contribution in [1.82, 2.24) is 15.3 Å². The number of hydrogen-bond acceptors (Lipinski definition) is 3. The number of aromatic amines is 1. The molecule has 0 saturated heterocycles. The Morgan fingerprint density at radius 1 is 1.24 bits per heavy atom. The number of carbonyl (C=O) groups excluding carboxylic acids is 2. The number of aromatic nitrogens is 2. The Morgan fingerprint density at radius 2 is 2.00 bits per heavy atom. The van der Waals surface area contributed by atoms with Gasteiger partial charge >= 0.3 is 0 Å². The first-order valence-corrected chi connectivity index (χ1v) is 11.3. The van der Waals surface area contributed by atoms with E-state index in [1.54, 1.807) is 18.2 Å². The van der Waals surface area contributed by atoms with Gasteiger partial charge in [-0.05, 0) is 67.6 Å². The third-order valence-corrected chi connectivity index (χ3v) is 6.09. The quantitative estimate of drug-likeness (QED) is 0.453. The smallest absolute Gasteiger partial charge is 0.257 e. The molecule has 6 nitrogen and oxygen atoms in total. The molecule has 3 aromatic rings. The summed E-state index contributed by atoms with van der Waals surface area (Å²) < 4.78 is 13.4. The zero-order chi connectivity index (χ0) is 24.4. The number of benzene rings is 2. The van der Waals surface area contributed by atoms with Gasteiger partial charge in [0.25, 0.3) is 11.8 Å². The van der Waals surface area contributed by atoms with Crippen LogP contribution in [-0.4, -0.2) is 29.6 Å². The number of anilines is 1. The Kier molecular flexibility index (Phi) is 6.70. The van der Waals surface area contributed by atoms with Crippen LogP contribution in [0.4, 0.5) is 10.1 Å². The molecule has 2 aromatic carbocycles. The summed E-state index contributed by atoms with van der Waals surface area (Å²) in [5.74, 6) is -0.653. The van der Waals surface area contributed by atoms with Crippen LogP contribution in [0, 0.1) is 5.82 Å². The van der Waals surface area contributed by atoms with Crippen LogP contribution in [0.15, 0.2) is 65.9 Å². The number of rotatable bonds is 6. The molecule has 4 rings (SSSR count). The van der Waals surface area contributed by atoms with Gasteiger partial charge in [0.1, 0.15) is 19.2 Å². The highest BCUT2D eigenvalue weighted by Crippen LogP contribution is 2.27. The van der Waals surface area contributed by atoms with Gasteiger partial charge in [-0.2, -0.15) is 0 Å². The summed E-state index contributed by atoms with van der Waals surface area (Å²) in [6.07, 6.45) is 6.03. The number of amides is 2. The van der Waals surface area contributed by atoms with E-state index in [2.05, 4.69) is 33.3 Å². The fourth-order valence-electron chi connectivity index (χ4n) is 3.94. The van der Waals surface area contributed by atoms with Crippen LogP contribution in [0.1, 0.15) is 46.3 Å². The molecule has 0 spiro atoms. The standard InChI is InChI=1S/C25H23BClFN4O2/c1-3-14-5-4-6-20(13(14)2)31-25(34)18-10-16(11-21-23(18)32-22(12-26)30-21)29-24(33)17-8-7-15(28)9-19(17)27/h3,5,7-11H,1,4,6,12,26H2,2H3,(H,29,33)(H,30,32)(H,31,34). The van der Waals surface area contributed by atoms with Gasteiger partial charge < -0.3 is 15.6 Å². The zero-order valence-electron chi connectivity index (χ0n) is 18.9. The molecule has 1 heterocycles. The van der Waals surface area contributed by atoms with E-state index in [1.807, 2.05) is 14.8 Å². The number of nitrogens with zero attached hydrogens (tertiary/aromatic N) is 1. The van der Waals surface area contributed by atoms with Crippen LogP contribution in [-0.2, 0) is 6.32 Å². The van der Waals surface area contributed by atoms with E-state index in [0.717, 1.165) is 41.2 Å². The van der Waals surface area contributed by atoms with Crippen molar-refractivity contribution in [3.63, 3.8) is 0 Å². The van der Waals surface area contributed by atoms with Gasteiger partial charge in [-0.1, -0.05) is 30.3 Å². The molecular formula is C25H23BClFN4O2. The molecule has 172 valence electrons. The molecule has 0 bridgehead atoms. The number of halogens is 2. The summed E-state index contributed by atoms with van der Waals surface area (Å²) in [7, 11) is 1.95. The number of allylic oxidation sites excluding steroid dienone is 5. The van der Waals surface area contributed by atoms with Crippen LogP contribution in [0.3, 0.4) is 0 Å². The van der Waals surface area contributed by atoms with Gasteiger partial charge in [0.2, 0.25) is 0 Å². The number of carbonyl (C=O) groups is 2. The molecule has 0 aliphatic heterocycles. The second-order valence-corrected chi connectivity index (χ2v) is 8.40. The van der Waals surface area contributed by atoms with Crippen molar-refractivity contribution in [3.05, 3.63) is 93.7 Å². The normalized spacial score (nSPS) is 13.6. The second kappa shape index (κ2) is 9.69. The highest BCUT2D eigenvalue weighted by Gasteiger charge is 2.20. The molecule has 34 heavy (non-hydrogen) atoms. The lowest BCUT2D eigenvalue weighted by atomic mass is 9.96. The molecule has 0 radical (unpaired) electrons. The second-order valence-electron chi connectivity index (χ2n) is 8.00. The van der Waals surface area contributed by atoms with Crippen LogP contribution < -0.4 is 10.6 Å². The van der Waals surface area contributed by atoms with Crippen molar-refractivity contribution >= 4 is 48.0 Å². The van der Waals surface area contributed by atoms with Crippen LogP contribution in [0.2, 0.25) is 5.02 Å². The maximum atomic E-state index is 13.4. The summed E-state index contributed by atoms with van der Waals surface area (Å²) in [6, 6.07) is 6.84. The first-order chi connectivity index (χ1) is 16.3. The fraction of sp³-hybridized carbons (Fsp3) is 0.160. The van der Waals surface area contributed by atoms with Crippen LogP contribution >= 0.6 is 11.6 Å². The SMILES string of the molecule is BCc1nc2c(C(=O)NC3=C(C)C(C=C)=CCC3)cc(NC(=O)c3ccc(F)cc3Cl)cc2[nH]1. The van der Waals surface area contributed by atoms with E-state index < -0.39 is 11.7 Å². The van der Waals surface area contributed by atoms with E-state index in [0.29, 0.717) is 35.0 Å². The maximum Gasteiger partial charge on any atom is 0.257 e. The zero-order valence-corrected chi connectivity index (χ0v) is 19.6. The predicted molar refractivity (Wildman–Crippen MR) is 135 cm³/mol. The summed E-state index contributed by atoms with van der Waals surface area (Å²) >= 11 is 6.04. The number of nitrogens with one attached hydrogen (secondary N) is 3. The number of H-pyrrole nitrogens is 1. The van der Waals surface area contributed by atoms with Gasteiger partial charge in [-0.15, -0.1) is 0 Å². The Labute approximate surface area is 202 Å². The number of hydrogen-bond donors (Lipinski definition) is 3. The van der Waals surface area contributed by atoms with E-state index >= 15 is 0 Å². The molecule has 0 unspecified atom stereocenters. The molecule has 3 N–H and O–H groups in total. The van der Waals surface area contributed by atoms with Crippen molar-refractivity contribution in [2.45, 2.75) is 26.1 Å². The Balaban J connectivity index is 1.70. The van der Waals surface area contributed by atoms with E-state index in [4.69, 9.17) is 11.6 Å². The molecule has 1 aliphatic rings. The summed E-state index contributed by atoms with van der Waals surface area (Å²) in [4.78, 5) is 33.9. The Bertz CT molecular complexity index is 1390. The van der Waals surface area contributed by atoms with Gasteiger partial charge in [0.05, 0.1) is 27.5 Å². The fourth-order valence-corrected chi connectivity index (χ4v) is 4.19. The minimum atomic E-state index is -0.534. The molecule has 0 saturated carbocycles. The summed E-state index contributed by atoms with van der Waals surface area (Å²) in [5, 5.41) is 5.77. The molecule has 2 amide bonds. The first-order valence-electron chi connectivity index (χ1n) is 10.9. The summed E-state index contributed by atoms with van der Waals surface area (Å²) in [6.45, 7) is 5.78. The molecule has 0 fully saturated rings. The maximum absolute atomic E-state index is 13.4. The molecular weight excluding hydrogens is 454 g/mol. The Hall–Kier alpha value is -3.65. The average Bonchev–Trinajstić information content (AvgIpc) is 3.23. The van der Waals surface area contributed by atoms with Gasteiger partial charge in [-0.25, -0.2) is 9.37 Å². The first kappa shape index (κ1) is 23.5. The van der Waals surface area contributed by atoms with E-state index in [-0.39, 0.29) is 16.5 Å². The third kappa shape index (κ3) is 4.68. The monoisotopic (exact) mass is 476 g/mol. The van der Waals surface area contributed by atoms with Crippen LogP contribution in [0.25, 0.3) is 11.0 Å². The molecule has 1 aliphatic carbocycles. The Morgan fingerprint density at radius 3 is 2.71 bits per heavy atom. The summed E-state index contributed by atoms with van der Waals surface area (Å²) in [5.41, 5.74) is 4.76. The third-order valence-electron chi connectivity index (χ3n) is 5.78. The van der Waals surface area contributed by atoms with E-state index in [1.165, 1.54) is 6.07 Å². The highest BCUT2D eigenvalue weighted by atomic mass is 35.5. The minimum Gasteiger partial charge on any atom is -0.343 e. The van der Waals surface area contributed by atoms with Crippen molar-refractivity contribution < 1.29 is 14.0 Å². The largest absolute Gasteiger partial charge is 0.343 e. The highest BCUT2D eigenvalue weighted by molar-refractivity contribution is 6.34. The molecule has 9 heteroatoms. The predicted octanol–water partition coefficient (Wildman–Crippen LogP) is 4.65. The minimum absolute atomic E-state index is 0.00265. The van der Waals surface area contributed by atoms with Crippen molar-refractivity contribution in [1.29, 1.82) is 0 Å². The van der Waals surface area contributed by atoms with Crippen molar-refractivity contribution in [2.24, 2.45) is 0 Å². The lowest BCUT2D eigenvalue weighted by molar-refractivity contribution is 0.0963. The van der Waals surface area contributed by atoms with Gasteiger partial charge in [0, 0.05) is 11.4 Å². The van der Waals surface area contributed by atoms with E-state index in [9.17, 15) is 14.0 Å².